The first kappa shape index (κ1) is 8.85. The van der Waals surface area contributed by atoms with Gasteiger partial charge in [0.2, 0.25) is 0 Å². The number of hydrogen-bond acceptors (Lipinski definition) is 3. The summed E-state index contributed by atoms with van der Waals surface area (Å²) in [6.07, 6.45) is 1.78. The Bertz CT molecular complexity index is 146. The van der Waals surface area contributed by atoms with Gasteiger partial charge in [0, 0.05) is 6.20 Å². The van der Waals surface area contributed by atoms with Crippen LogP contribution in [0, 0.1) is 6.92 Å². The molecule has 0 fully saturated rings. The minimum Gasteiger partial charge on any atom is -0.408 e. The van der Waals surface area contributed by atoms with Crippen LogP contribution in [0.5, 0.6) is 0 Å². The average molecular weight is 153 g/mol. The molecule has 0 aliphatic heterocycles. The average Bonchev–Trinajstić information content (AvgIpc) is 1.87. The van der Waals surface area contributed by atoms with Crippen molar-refractivity contribution in [2.45, 2.75) is 11.3 Å². The predicted molar refractivity (Wildman–Crippen MR) is 32.5 cm³/mol. The number of aryl methyl sites for hydroxylation is 1. The molecule has 1 rings (SSSR count). The molecule has 4 heteroatoms. The summed E-state index contributed by atoms with van der Waals surface area (Å²) in [5, 5.41) is 0. The van der Waals surface area contributed by atoms with Gasteiger partial charge >= 0.3 is 29.6 Å². The van der Waals surface area contributed by atoms with Gasteiger partial charge < -0.3 is 24.0 Å². The van der Waals surface area contributed by atoms with Gasteiger partial charge in [-0.2, -0.15) is 0 Å². The zero-order valence-corrected chi connectivity index (χ0v) is 8.47. The summed E-state index contributed by atoms with van der Waals surface area (Å²) >= 11 is 6.29. The quantitative estimate of drug-likeness (QED) is 0.327. The number of hydrogen-bond donors (Lipinski definition) is 0. The van der Waals surface area contributed by atoms with Gasteiger partial charge in [0.1, 0.15) is 0 Å². The molecule has 0 spiro atoms. The molecule has 0 aromatic carbocycles. The molecule has 38 valence electrons. The molecule has 0 aliphatic rings. The second-order valence-corrected chi connectivity index (χ2v) is 3.12. The first-order chi connectivity index (χ1) is 3.29. The minimum atomic E-state index is 0. The fourth-order valence-electron chi connectivity index (χ4n) is 0.334. The van der Waals surface area contributed by atoms with Crippen LogP contribution >= 0.6 is 11.3 Å². The van der Waals surface area contributed by atoms with Crippen LogP contribution in [0.2, 0.25) is 0 Å². The normalized spacial score (nSPS) is 8.12. The molecular weight excluding hydrogens is 149 g/mol. The monoisotopic (exact) mass is 153 g/mol. The Kier molecular flexibility index (Phi) is 4.20. The number of nitrogens with zero attached hydrogens (tertiary/aromatic N) is 1. The van der Waals surface area contributed by atoms with Gasteiger partial charge in [-0.15, -0.1) is 0 Å². The Hall–Kier alpha value is 0.850. The van der Waals surface area contributed by atoms with Crippen molar-refractivity contribution in [3.8, 4) is 0 Å². The van der Waals surface area contributed by atoms with Crippen molar-refractivity contribution in [2.75, 3.05) is 0 Å². The zero-order valence-electron chi connectivity index (χ0n) is 4.84. The Morgan fingerprint density at radius 3 is 2.50 bits per heavy atom. The van der Waals surface area contributed by atoms with Crippen LogP contribution in [0.4, 0.5) is 0 Å². The summed E-state index contributed by atoms with van der Waals surface area (Å²) in [4.78, 5) is 5.03. The Labute approximate surface area is 80.2 Å². The summed E-state index contributed by atoms with van der Waals surface area (Å²) in [6.45, 7) is 1.99. The van der Waals surface area contributed by atoms with Crippen LogP contribution in [0.15, 0.2) is 10.5 Å². The second-order valence-electron chi connectivity index (χ2n) is 1.24. The molecule has 0 amide bonds. The molecular formula is C4H4NNaS2. The smallest absolute Gasteiger partial charge is 0.408 e. The van der Waals surface area contributed by atoms with Gasteiger partial charge in [-0.05, 0) is 11.3 Å². The zero-order chi connectivity index (χ0) is 5.28. The maximum atomic E-state index is 4.74. The molecule has 8 heavy (non-hydrogen) atoms. The van der Waals surface area contributed by atoms with Crippen LogP contribution in [0.25, 0.3) is 0 Å². The summed E-state index contributed by atoms with van der Waals surface area (Å²) in [5.41, 5.74) is 0. The van der Waals surface area contributed by atoms with Crippen molar-refractivity contribution in [3.05, 3.63) is 11.1 Å². The fourth-order valence-corrected chi connectivity index (χ4v) is 1.27. The van der Waals surface area contributed by atoms with Crippen molar-refractivity contribution in [2.24, 2.45) is 0 Å². The Morgan fingerprint density at radius 2 is 2.38 bits per heavy atom. The molecule has 0 saturated carbocycles. The van der Waals surface area contributed by atoms with Crippen molar-refractivity contribution < 1.29 is 29.6 Å². The standard InChI is InChI=1S/C4H5NS2.Na/c1-3-2-5-4(6)7-3;/h2H,1H3,(H,5,6);/q;+1/p-1. The van der Waals surface area contributed by atoms with E-state index in [2.05, 4.69) is 4.98 Å². The van der Waals surface area contributed by atoms with E-state index in [1.165, 1.54) is 4.88 Å². The SMILES string of the molecule is Cc1cnc([S-])s1.[Na+]. The summed E-state index contributed by atoms with van der Waals surface area (Å²) in [6, 6.07) is 0. The molecule has 0 aliphatic carbocycles. The maximum Gasteiger partial charge on any atom is 1.00 e. The molecule has 1 aromatic rings. The third kappa shape index (κ3) is 2.42. The fraction of sp³-hybridized carbons (Fsp3) is 0.250. The van der Waals surface area contributed by atoms with E-state index >= 15 is 0 Å². The molecule has 1 heterocycles. The van der Waals surface area contributed by atoms with Gasteiger partial charge in [0.15, 0.2) is 0 Å². The van der Waals surface area contributed by atoms with Crippen LogP contribution in [0.3, 0.4) is 0 Å². The number of aromatic nitrogens is 1. The van der Waals surface area contributed by atoms with E-state index in [9.17, 15) is 0 Å². The van der Waals surface area contributed by atoms with E-state index in [0.717, 1.165) is 4.34 Å². The summed E-state index contributed by atoms with van der Waals surface area (Å²) in [7, 11) is 0. The van der Waals surface area contributed by atoms with Crippen LogP contribution in [0.1, 0.15) is 4.88 Å². The Balaban J connectivity index is 0.000000490. The largest absolute Gasteiger partial charge is 1.00 e. The third-order valence-electron chi connectivity index (χ3n) is 0.600. The van der Waals surface area contributed by atoms with Gasteiger partial charge in [0.05, 0.1) is 0 Å². The van der Waals surface area contributed by atoms with E-state index < -0.39 is 0 Å². The van der Waals surface area contributed by atoms with E-state index in [-0.39, 0.29) is 29.6 Å². The molecule has 0 saturated heterocycles. The van der Waals surface area contributed by atoms with Crippen molar-refractivity contribution in [1.82, 2.24) is 4.98 Å². The molecule has 0 N–H and O–H groups in total. The molecule has 1 aromatic heterocycles. The van der Waals surface area contributed by atoms with Gasteiger partial charge in [-0.3, -0.25) is 4.98 Å². The van der Waals surface area contributed by atoms with Crippen molar-refractivity contribution >= 4 is 24.0 Å². The number of thiazole rings is 1. The van der Waals surface area contributed by atoms with E-state index in [4.69, 9.17) is 12.6 Å². The predicted octanol–water partition coefficient (Wildman–Crippen LogP) is -1.64. The van der Waals surface area contributed by atoms with Crippen LogP contribution in [-0.2, 0) is 12.6 Å². The molecule has 0 bridgehead atoms. The second kappa shape index (κ2) is 3.80. The topological polar surface area (TPSA) is 12.9 Å². The van der Waals surface area contributed by atoms with Crippen LogP contribution in [-0.4, -0.2) is 4.98 Å². The maximum absolute atomic E-state index is 4.74. The molecule has 0 radical (unpaired) electrons. The van der Waals surface area contributed by atoms with Gasteiger partial charge in [-0.25, -0.2) is 0 Å². The number of rotatable bonds is 0. The van der Waals surface area contributed by atoms with Gasteiger partial charge in [0.25, 0.3) is 0 Å². The summed E-state index contributed by atoms with van der Waals surface area (Å²) < 4.78 is 0.734. The summed E-state index contributed by atoms with van der Waals surface area (Å²) in [5.74, 6) is 0. The minimum absolute atomic E-state index is 0. The molecule has 1 nitrogen and oxygen atoms in total. The van der Waals surface area contributed by atoms with Crippen molar-refractivity contribution in [3.63, 3.8) is 0 Å². The van der Waals surface area contributed by atoms with Crippen LogP contribution < -0.4 is 29.6 Å². The van der Waals surface area contributed by atoms with Gasteiger partial charge in [-0.1, -0.05) is 4.88 Å². The first-order valence-electron chi connectivity index (χ1n) is 1.88. The Morgan fingerprint density at radius 1 is 1.75 bits per heavy atom. The van der Waals surface area contributed by atoms with Crippen molar-refractivity contribution in [1.29, 1.82) is 0 Å². The molecule has 0 atom stereocenters. The van der Waals surface area contributed by atoms with E-state index in [0.29, 0.717) is 0 Å². The first-order valence-corrected chi connectivity index (χ1v) is 3.11. The molecule has 0 unspecified atom stereocenters. The third-order valence-corrected chi connectivity index (χ3v) is 1.66. The van der Waals surface area contributed by atoms with E-state index in [1.807, 2.05) is 6.92 Å². The van der Waals surface area contributed by atoms with E-state index in [1.54, 1.807) is 17.5 Å².